The maximum Gasteiger partial charge on any atom is 0.174 e. The molecule has 3 aromatic rings. The lowest BCUT2D eigenvalue weighted by Gasteiger charge is -2.10. The summed E-state index contributed by atoms with van der Waals surface area (Å²) in [6, 6.07) is 14.2. The summed E-state index contributed by atoms with van der Waals surface area (Å²) >= 11 is 5.89. The van der Waals surface area contributed by atoms with E-state index < -0.39 is 0 Å². The van der Waals surface area contributed by atoms with Crippen molar-refractivity contribution in [3.05, 3.63) is 64.9 Å². The van der Waals surface area contributed by atoms with Crippen LogP contribution in [0.2, 0.25) is 5.02 Å². The van der Waals surface area contributed by atoms with Crippen molar-refractivity contribution in [1.29, 1.82) is 0 Å². The fourth-order valence-corrected chi connectivity index (χ4v) is 2.45. The third kappa shape index (κ3) is 4.00. The van der Waals surface area contributed by atoms with Crippen LogP contribution in [0.1, 0.15) is 23.0 Å². The van der Waals surface area contributed by atoms with Gasteiger partial charge < -0.3 is 14.0 Å². The molecule has 0 bridgehead atoms. The van der Waals surface area contributed by atoms with E-state index in [2.05, 4.69) is 5.16 Å². The molecular weight excluding hydrogens is 342 g/mol. The largest absolute Gasteiger partial charge is 0.497 e. The molecule has 0 saturated heterocycles. The van der Waals surface area contributed by atoms with Gasteiger partial charge in [0.25, 0.3) is 0 Å². The number of ketones is 1. The van der Waals surface area contributed by atoms with E-state index >= 15 is 0 Å². The van der Waals surface area contributed by atoms with Crippen molar-refractivity contribution in [1.82, 2.24) is 5.16 Å². The number of nitrogens with zero attached hydrogens (tertiary/aromatic N) is 1. The molecule has 5 nitrogen and oxygen atoms in total. The molecule has 0 aliphatic heterocycles. The van der Waals surface area contributed by atoms with Gasteiger partial charge in [0.1, 0.15) is 23.8 Å². The van der Waals surface area contributed by atoms with Crippen molar-refractivity contribution in [3.63, 3.8) is 0 Å². The highest BCUT2D eigenvalue weighted by molar-refractivity contribution is 6.30. The van der Waals surface area contributed by atoms with E-state index in [1.165, 1.54) is 6.92 Å². The highest BCUT2D eigenvalue weighted by Crippen LogP contribution is 2.27. The number of halogens is 1. The lowest BCUT2D eigenvalue weighted by molar-refractivity contribution is 0.101. The third-order valence-electron chi connectivity index (χ3n) is 3.64. The van der Waals surface area contributed by atoms with Crippen molar-refractivity contribution in [2.75, 3.05) is 7.11 Å². The van der Waals surface area contributed by atoms with Gasteiger partial charge in [-0.3, -0.25) is 4.79 Å². The van der Waals surface area contributed by atoms with Crippen LogP contribution in [0.15, 0.2) is 53.1 Å². The number of ether oxygens (including phenoxy) is 2. The maximum absolute atomic E-state index is 11.7. The smallest absolute Gasteiger partial charge is 0.174 e. The molecule has 0 aliphatic carbocycles. The minimum Gasteiger partial charge on any atom is -0.497 e. The quantitative estimate of drug-likeness (QED) is 0.594. The van der Waals surface area contributed by atoms with Crippen LogP contribution in [-0.4, -0.2) is 18.0 Å². The summed E-state index contributed by atoms with van der Waals surface area (Å²) in [5.41, 5.74) is 2.07. The van der Waals surface area contributed by atoms with Crippen LogP contribution in [0, 0.1) is 0 Å². The summed E-state index contributed by atoms with van der Waals surface area (Å²) in [6.45, 7) is 1.63. The van der Waals surface area contributed by atoms with Gasteiger partial charge in [0.05, 0.1) is 12.7 Å². The first-order chi connectivity index (χ1) is 12.1. The number of Topliss-reactive ketones (excluding diaryl/α,β-unsaturated/α-hetero) is 1. The van der Waals surface area contributed by atoms with Gasteiger partial charge in [-0.15, -0.1) is 0 Å². The number of aromatic nitrogens is 1. The zero-order valence-electron chi connectivity index (χ0n) is 13.8. The van der Waals surface area contributed by atoms with Crippen LogP contribution in [-0.2, 0) is 6.61 Å². The first-order valence-corrected chi connectivity index (χ1v) is 7.98. The van der Waals surface area contributed by atoms with E-state index in [1.807, 2.05) is 12.1 Å². The van der Waals surface area contributed by atoms with Crippen molar-refractivity contribution in [3.8, 4) is 22.8 Å². The van der Waals surface area contributed by atoms with Crippen LogP contribution in [0.3, 0.4) is 0 Å². The summed E-state index contributed by atoms with van der Waals surface area (Å²) < 4.78 is 16.2. The molecule has 0 spiro atoms. The van der Waals surface area contributed by atoms with Gasteiger partial charge in [-0.1, -0.05) is 28.9 Å². The Morgan fingerprint density at radius 1 is 1.16 bits per heavy atom. The SMILES string of the molecule is COc1ccc(C(C)=O)c(OCc2cc(-c3ccc(Cl)cc3)no2)c1. The number of hydrogen-bond acceptors (Lipinski definition) is 5. The first kappa shape index (κ1) is 17.0. The minimum atomic E-state index is -0.0860. The number of methoxy groups -OCH3 is 1. The first-order valence-electron chi connectivity index (χ1n) is 7.60. The van der Waals surface area contributed by atoms with E-state index in [0.717, 1.165) is 5.56 Å². The van der Waals surface area contributed by atoms with E-state index in [-0.39, 0.29) is 12.4 Å². The molecule has 0 fully saturated rings. The Morgan fingerprint density at radius 2 is 1.92 bits per heavy atom. The molecule has 1 aromatic heterocycles. The van der Waals surface area contributed by atoms with Crippen molar-refractivity contribution >= 4 is 17.4 Å². The Kier molecular flexibility index (Phi) is 5.05. The summed E-state index contributed by atoms with van der Waals surface area (Å²) in [7, 11) is 1.56. The van der Waals surface area contributed by atoms with Gasteiger partial charge in [0.15, 0.2) is 11.5 Å². The molecule has 0 saturated carbocycles. The van der Waals surface area contributed by atoms with Crippen molar-refractivity contribution in [2.24, 2.45) is 0 Å². The average molecular weight is 358 g/mol. The summed E-state index contributed by atoms with van der Waals surface area (Å²) in [4.78, 5) is 11.7. The molecule has 3 rings (SSSR count). The molecule has 2 aromatic carbocycles. The molecule has 25 heavy (non-hydrogen) atoms. The summed E-state index contributed by atoms with van der Waals surface area (Å²) in [5.74, 6) is 1.51. The van der Waals surface area contributed by atoms with Crippen LogP contribution in [0.25, 0.3) is 11.3 Å². The minimum absolute atomic E-state index is 0.0860. The van der Waals surface area contributed by atoms with E-state index in [1.54, 1.807) is 43.5 Å². The maximum atomic E-state index is 11.7. The molecule has 0 amide bonds. The molecule has 0 atom stereocenters. The van der Waals surface area contributed by atoms with Gasteiger partial charge in [0, 0.05) is 22.7 Å². The monoisotopic (exact) mass is 357 g/mol. The third-order valence-corrected chi connectivity index (χ3v) is 3.89. The Balaban J connectivity index is 1.76. The van der Waals surface area contributed by atoms with Crippen molar-refractivity contribution in [2.45, 2.75) is 13.5 Å². The van der Waals surface area contributed by atoms with Gasteiger partial charge in [-0.25, -0.2) is 0 Å². The van der Waals surface area contributed by atoms with Gasteiger partial charge in [-0.05, 0) is 31.2 Å². The normalized spacial score (nSPS) is 10.5. The topological polar surface area (TPSA) is 61.6 Å². The number of carbonyl (C=O) groups excluding carboxylic acids is 1. The number of benzene rings is 2. The second-order valence-corrected chi connectivity index (χ2v) is 5.83. The molecule has 6 heteroatoms. The van der Waals surface area contributed by atoms with Gasteiger partial charge in [-0.2, -0.15) is 0 Å². The lowest BCUT2D eigenvalue weighted by atomic mass is 10.1. The Labute approximate surface area is 150 Å². The molecule has 0 unspecified atom stereocenters. The highest BCUT2D eigenvalue weighted by Gasteiger charge is 2.12. The Bertz CT molecular complexity index is 887. The zero-order valence-corrected chi connectivity index (χ0v) is 14.5. The van der Waals surface area contributed by atoms with Gasteiger partial charge in [0.2, 0.25) is 0 Å². The molecule has 0 radical (unpaired) electrons. The number of rotatable bonds is 6. The van der Waals surface area contributed by atoms with Gasteiger partial charge >= 0.3 is 0 Å². The molecule has 128 valence electrons. The van der Waals surface area contributed by atoms with Crippen LogP contribution in [0.4, 0.5) is 0 Å². The predicted octanol–water partition coefficient (Wildman–Crippen LogP) is 4.79. The fraction of sp³-hybridized carbons (Fsp3) is 0.158. The Morgan fingerprint density at radius 3 is 2.60 bits per heavy atom. The number of hydrogen-bond donors (Lipinski definition) is 0. The second kappa shape index (κ2) is 7.40. The van der Waals surface area contributed by atoms with Crippen LogP contribution < -0.4 is 9.47 Å². The van der Waals surface area contributed by atoms with E-state index in [4.69, 9.17) is 25.6 Å². The van der Waals surface area contributed by atoms with Crippen LogP contribution in [0.5, 0.6) is 11.5 Å². The van der Waals surface area contributed by atoms with E-state index in [0.29, 0.717) is 33.5 Å². The van der Waals surface area contributed by atoms with Crippen molar-refractivity contribution < 1.29 is 18.8 Å². The van der Waals surface area contributed by atoms with E-state index in [9.17, 15) is 4.79 Å². The predicted molar refractivity (Wildman–Crippen MR) is 94.3 cm³/mol. The standard InChI is InChI=1S/C19H16ClNO4/c1-12(22)17-8-7-15(23-2)10-19(17)24-11-16-9-18(21-25-16)13-3-5-14(20)6-4-13/h3-10H,11H2,1-2H3. The van der Waals surface area contributed by atoms with Crippen LogP contribution >= 0.6 is 11.6 Å². The molecule has 0 aliphatic rings. The zero-order chi connectivity index (χ0) is 17.8. The number of carbonyl (C=O) groups is 1. The Hall–Kier alpha value is -2.79. The molecule has 0 N–H and O–H groups in total. The second-order valence-electron chi connectivity index (χ2n) is 5.39. The lowest BCUT2D eigenvalue weighted by Crippen LogP contribution is -2.01. The molecule has 1 heterocycles. The summed E-state index contributed by atoms with van der Waals surface area (Å²) in [5, 5.41) is 4.69. The summed E-state index contributed by atoms with van der Waals surface area (Å²) in [6.07, 6.45) is 0. The fourth-order valence-electron chi connectivity index (χ4n) is 2.33. The molecular formula is C19H16ClNO4. The average Bonchev–Trinajstić information content (AvgIpc) is 3.09. The highest BCUT2D eigenvalue weighted by atomic mass is 35.5.